The zero-order valence-electron chi connectivity index (χ0n) is 19.0. The van der Waals surface area contributed by atoms with Crippen molar-refractivity contribution in [3.8, 4) is 11.8 Å². The molecule has 3 rings (SSSR count). The lowest BCUT2D eigenvalue weighted by Gasteiger charge is -2.31. The van der Waals surface area contributed by atoms with Gasteiger partial charge in [0.2, 0.25) is 10.0 Å². The Hall–Kier alpha value is -3.13. The highest BCUT2D eigenvalue weighted by Crippen LogP contribution is 2.30. The Morgan fingerprint density at radius 3 is 2.48 bits per heavy atom. The molecular formula is C23H28N4O5S. The van der Waals surface area contributed by atoms with Crippen LogP contribution in [0, 0.1) is 11.3 Å². The van der Waals surface area contributed by atoms with E-state index in [-0.39, 0.29) is 10.5 Å². The maximum absolute atomic E-state index is 13.4. The van der Waals surface area contributed by atoms with Crippen molar-refractivity contribution >= 4 is 27.3 Å². The quantitative estimate of drug-likeness (QED) is 0.629. The summed E-state index contributed by atoms with van der Waals surface area (Å²) in [6, 6.07) is 11.3. The van der Waals surface area contributed by atoms with Gasteiger partial charge in [-0.05, 0) is 36.4 Å². The molecule has 0 aromatic heterocycles. The number of sulfonamides is 1. The summed E-state index contributed by atoms with van der Waals surface area (Å²) in [7, 11) is -2.29. The van der Waals surface area contributed by atoms with Crippen molar-refractivity contribution in [1.29, 1.82) is 5.26 Å². The van der Waals surface area contributed by atoms with Crippen LogP contribution in [-0.4, -0.2) is 65.1 Å². The summed E-state index contributed by atoms with van der Waals surface area (Å²) in [6.45, 7) is 6.37. The summed E-state index contributed by atoms with van der Waals surface area (Å²) in [5.41, 5.74) is 1.52. The number of hydrogen-bond acceptors (Lipinski definition) is 7. The van der Waals surface area contributed by atoms with Gasteiger partial charge in [0.25, 0.3) is 5.91 Å². The fraction of sp³-hybridized carbons (Fsp3) is 0.391. The highest BCUT2D eigenvalue weighted by Gasteiger charge is 2.26. The predicted molar refractivity (Wildman–Crippen MR) is 125 cm³/mol. The van der Waals surface area contributed by atoms with Crippen molar-refractivity contribution in [2.75, 3.05) is 56.7 Å². The predicted octanol–water partition coefficient (Wildman–Crippen LogP) is 2.69. The van der Waals surface area contributed by atoms with E-state index in [9.17, 15) is 18.5 Å². The number of nitrogens with one attached hydrogen (secondary N) is 1. The molecule has 0 bridgehead atoms. The molecule has 10 heteroatoms. The second kappa shape index (κ2) is 10.7. The Morgan fingerprint density at radius 1 is 1.18 bits per heavy atom. The summed E-state index contributed by atoms with van der Waals surface area (Å²) in [5, 5.41) is 12.0. The fourth-order valence-electron chi connectivity index (χ4n) is 3.71. The number of carbonyl (C=O) groups is 1. The van der Waals surface area contributed by atoms with Crippen LogP contribution in [0.3, 0.4) is 0 Å². The number of benzene rings is 2. The van der Waals surface area contributed by atoms with E-state index >= 15 is 0 Å². The molecular weight excluding hydrogens is 444 g/mol. The van der Waals surface area contributed by atoms with Crippen LogP contribution < -0.4 is 15.0 Å². The summed E-state index contributed by atoms with van der Waals surface area (Å²) in [6.07, 6.45) is 0. The van der Waals surface area contributed by atoms with Crippen LogP contribution in [0.15, 0.2) is 41.3 Å². The minimum Gasteiger partial charge on any atom is -0.495 e. The third-order valence-electron chi connectivity index (χ3n) is 5.48. The average molecular weight is 473 g/mol. The van der Waals surface area contributed by atoms with Gasteiger partial charge in [0.15, 0.2) is 0 Å². The molecule has 1 heterocycles. The van der Waals surface area contributed by atoms with Gasteiger partial charge in [-0.3, -0.25) is 4.79 Å². The number of methoxy groups -OCH3 is 1. The molecule has 176 valence electrons. The Bertz CT molecular complexity index is 1150. The van der Waals surface area contributed by atoms with Gasteiger partial charge in [0.05, 0.1) is 48.1 Å². The standard InChI is InChI=1S/C23H28N4O5S/c1-4-27(5-2)33(29,30)18-7-8-21(26-10-12-32-13-11-26)19(15-18)23(28)25-20-14-17(16-24)6-9-22(20)31-3/h6-9,14-15H,4-5,10-13H2,1-3H3,(H,25,28). The van der Waals surface area contributed by atoms with Crippen molar-refractivity contribution in [3.63, 3.8) is 0 Å². The number of nitrogens with zero attached hydrogens (tertiary/aromatic N) is 3. The Balaban J connectivity index is 2.07. The molecule has 0 atom stereocenters. The summed E-state index contributed by atoms with van der Waals surface area (Å²) < 4.78 is 38.3. The first-order valence-corrected chi connectivity index (χ1v) is 12.2. The number of amides is 1. The van der Waals surface area contributed by atoms with Gasteiger partial charge in [-0.25, -0.2) is 8.42 Å². The molecule has 0 radical (unpaired) electrons. The Labute approximate surface area is 194 Å². The SMILES string of the molecule is CCN(CC)S(=O)(=O)c1ccc(N2CCOCC2)c(C(=O)Nc2cc(C#N)ccc2OC)c1. The van der Waals surface area contributed by atoms with Crippen molar-refractivity contribution in [1.82, 2.24) is 4.31 Å². The number of nitriles is 1. The van der Waals surface area contributed by atoms with Gasteiger partial charge < -0.3 is 19.7 Å². The summed E-state index contributed by atoms with van der Waals surface area (Å²) in [4.78, 5) is 15.5. The largest absolute Gasteiger partial charge is 0.495 e. The van der Waals surface area contributed by atoms with Crippen molar-refractivity contribution in [2.24, 2.45) is 0 Å². The minimum atomic E-state index is -3.76. The van der Waals surface area contributed by atoms with Gasteiger partial charge in [-0.15, -0.1) is 0 Å². The molecule has 33 heavy (non-hydrogen) atoms. The van der Waals surface area contributed by atoms with Crippen LogP contribution in [-0.2, 0) is 14.8 Å². The Kier molecular flexibility index (Phi) is 7.92. The molecule has 0 unspecified atom stereocenters. The maximum atomic E-state index is 13.4. The molecule has 1 amide bonds. The zero-order chi connectivity index (χ0) is 24.0. The van der Waals surface area contributed by atoms with Crippen LogP contribution in [0.2, 0.25) is 0 Å². The zero-order valence-corrected chi connectivity index (χ0v) is 19.8. The first-order chi connectivity index (χ1) is 15.8. The number of rotatable bonds is 8. The number of morpholine rings is 1. The number of ether oxygens (including phenoxy) is 2. The minimum absolute atomic E-state index is 0.0473. The van der Waals surface area contributed by atoms with Gasteiger partial charge in [0.1, 0.15) is 5.75 Å². The highest BCUT2D eigenvalue weighted by molar-refractivity contribution is 7.89. The van der Waals surface area contributed by atoms with Crippen molar-refractivity contribution in [3.05, 3.63) is 47.5 Å². The molecule has 1 aliphatic rings. The molecule has 1 fully saturated rings. The van der Waals surface area contributed by atoms with Gasteiger partial charge >= 0.3 is 0 Å². The van der Waals surface area contributed by atoms with Crippen LogP contribution in [0.1, 0.15) is 29.8 Å². The molecule has 1 N–H and O–H groups in total. The molecule has 0 aliphatic carbocycles. The first-order valence-electron chi connectivity index (χ1n) is 10.7. The van der Waals surface area contributed by atoms with Crippen LogP contribution in [0.4, 0.5) is 11.4 Å². The normalized spacial score (nSPS) is 14.1. The number of carbonyl (C=O) groups excluding carboxylic acids is 1. The van der Waals surface area contributed by atoms with Gasteiger partial charge in [-0.2, -0.15) is 9.57 Å². The van der Waals surface area contributed by atoms with E-state index in [1.807, 2.05) is 11.0 Å². The third-order valence-corrected chi connectivity index (χ3v) is 7.53. The highest BCUT2D eigenvalue weighted by atomic mass is 32.2. The lowest BCUT2D eigenvalue weighted by molar-refractivity contribution is 0.102. The first kappa shape index (κ1) is 24.5. The van der Waals surface area contributed by atoms with Crippen molar-refractivity contribution in [2.45, 2.75) is 18.7 Å². The fourth-order valence-corrected chi connectivity index (χ4v) is 5.20. The van der Waals surface area contributed by atoms with E-state index in [0.717, 1.165) is 0 Å². The Morgan fingerprint density at radius 2 is 1.88 bits per heavy atom. The number of hydrogen-bond donors (Lipinski definition) is 1. The molecule has 9 nitrogen and oxygen atoms in total. The average Bonchev–Trinajstić information content (AvgIpc) is 2.84. The number of anilines is 2. The smallest absolute Gasteiger partial charge is 0.257 e. The summed E-state index contributed by atoms with van der Waals surface area (Å²) in [5.74, 6) is -0.108. The molecule has 2 aromatic carbocycles. The summed E-state index contributed by atoms with van der Waals surface area (Å²) >= 11 is 0. The third kappa shape index (κ3) is 5.27. The molecule has 2 aromatic rings. The second-order valence-corrected chi connectivity index (χ2v) is 9.29. The van der Waals surface area contributed by atoms with Crippen LogP contribution in [0.25, 0.3) is 0 Å². The second-order valence-electron chi connectivity index (χ2n) is 7.35. The van der Waals surface area contributed by atoms with E-state index in [0.29, 0.717) is 62.1 Å². The van der Waals surface area contributed by atoms with E-state index in [1.165, 1.54) is 29.6 Å². The topological polar surface area (TPSA) is 112 Å². The lowest BCUT2D eigenvalue weighted by Crippen LogP contribution is -2.37. The lowest BCUT2D eigenvalue weighted by atomic mass is 10.1. The van der Waals surface area contributed by atoms with E-state index in [2.05, 4.69) is 5.32 Å². The molecule has 0 saturated carbocycles. The van der Waals surface area contributed by atoms with Crippen LogP contribution >= 0.6 is 0 Å². The van der Waals surface area contributed by atoms with E-state index in [4.69, 9.17) is 9.47 Å². The van der Waals surface area contributed by atoms with Gasteiger partial charge in [-0.1, -0.05) is 13.8 Å². The van der Waals surface area contributed by atoms with Gasteiger partial charge in [0, 0.05) is 31.9 Å². The molecule has 0 spiro atoms. The van der Waals surface area contributed by atoms with Crippen LogP contribution in [0.5, 0.6) is 5.75 Å². The van der Waals surface area contributed by atoms with E-state index in [1.54, 1.807) is 32.0 Å². The van der Waals surface area contributed by atoms with Crippen molar-refractivity contribution < 1.29 is 22.7 Å². The maximum Gasteiger partial charge on any atom is 0.257 e. The van der Waals surface area contributed by atoms with E-state index < -0.39 is 15.9 Å². The molecule has 1 saturated heterocycles. The monoisotopic (exact) mass is 472 g/mol. The molecule has 1 aliphatic heterocycles.